The molecule has 0 aliphatic heterocycles. The van der Waals surface area contributed by atoms with E-state index in [0.717, 1.165) is 54.7 Å². The summed E-state index contributed by atoms with van der Waals surface area (Å²) in [6.45, 7) is 0. The molecule has 0 aliphatic carbocycles. The van der Waals surface area contributed by atoms with Gasteiger partial charge in [-0.15, -0.1) is 0 Å². The number of hydrogen-bond acceptors (Lipinski definition) is 4. The van der Waals surface area contributed by atoms with E-state index in [-0.39, 0.29) is 0 Å². The molecule has 0 N–H and O–H groups in total. The lowest BCUT2D eigenvalue weighted by Crippen LogP contribution is -2.02. The molecule has 250 valence electrons. The summed E-state index contributed by atoms with van der Waals surface area (Å²) in [4.78, 5) is 20.7. The van der Waals surface area contributed by atoms with Crippen LogP contribution in [0.4, 0.5) is 0 Å². The zero-order valence-electron chi connectivity index (χ0n) is 29.1. The Kier molecular flexibility index (Phi) is 6.82. The van der Waals surface area contributed by atoms with Crippen molar-refractivity contribution in [2.24, 2.45) is 0 Å². The fourth-order valence-electron chi connectivity index (χ4n) is 8.05. The third kappa shape index (κ3) is 4.92. The lowest BCUT2D eigenvalue weighted by molar-refractivity contribution is 1.06. The molecule has 4 nitrogen and oxygen atoms in total. The van der Waals surface area contributed by atoms with Crippen LogP contribution >= 0.6 is 0 Å². The van der Waals surface area contributed by atoms with Crippen molar-refractivity contribution in [1.82, 2.24) is 19.9 Å². The van der Waals surface area contributed by atoms with E-state index in [1.807, 2.05) is 36.4 Å². The molecule has 2 aromatic heterocycles. The quantitative estimate of drug-likeness (QED) is 0.173. The van der Waals surface area contributed by atoms with Gasteiger partial charge in [-0.05, 0) is 83.9 Å². The van der Waals surface area contributed by atoms with E-state index in [4.69, 9.17) is 19.9 Å². The topological polar surface area (TPSA) is 51.6 Å². The highest BCUT2D eigenvalue weighted by Gasteiger charge is 2.19. The molecule has 0 amide bonds. The molecule has 0 saturated carbocycles. The van der Waals surface area contributed by atoms with Crippen LogP contribution in [0.5, 0.6) is 0 Å². The third-order valence-corrected chi connectivity index (χ3v) is 10.7. The van der Waals surface area contributed by atoms with E-state index < -0.39 is 0 Å². The molecule has 0 fully saturated rings. The van der Waals surface area contributed by atoms with Gasteiger partial charge in [0, 0.05) is 21.9 Å². The predicted octanol–water partition coefficient (Wildman–Crippen LogP) is 12.9. The van der Waals surface area contributed by atoms with Gasteiger partial charge in [0.25, 0.3) is 0 Å². The second-order valence-electron chi connectivity index (χ2n) is 13.8. The molecule has 0 radical (unpaired) electrons. The fraction of sp³-hybridized carbons (Fsp3) is 0. The standard InChI is InChI=1S/C50H30N4/c1-2-13-33(14-3-1)48-52-49(54-50(53-48)46-27-25-32-23-22-31-12-6-7-17-37(31)47(32)51-46)45-29-35-16-5-4-15-34(35)28-43(45)36-24-26-42-40-20-9-8-18-38(40)39-19-10-11-21-41(39)44(42)30-36/h1-30H. The van der Waals surface area contributed by atoms with Crippen molar-refractivity contribution >= 4 is 64.8 Å². The van der Waals surface area contributed by atoms with Crippen molar-refractivity contribution in [1.29, 1.82) is 0 Å². The van der Waals surface area contributed by atoms with Crippen LogP contribution in [-0.2, 0) is 0 Å². The van der Waals surface area contributed by atoms with Gasteiger partial charge in [0.05, 0.1) is 5.52 Å². The van der Waals surface area contributed by atoms with Gasteiger partial charge < -0.3 is 0 Å². The first-order chi connectivity index (χ1) is 26.7. The zero-order chi connectivity index (χ0) is 35.6. The van der Waals surface area contributed by atoms with Crippen LogP contribution in [0.1, 0.15) is 0 Å². The Balaban J connectivity index is 1.18. The summed E-state index contributed by atoms with van der Waals surface area (Å²) in [6.07, 6.45) is 0. The van der Waals surface area contributed by atoms with Crippen LogP contribution in [0, 0.1) is 0 Å². The van der Waals surface area contributed by atoms with E-state index in [9.17, 15) is 0 Å². The number of aromatic nitrogens is 4. The highest BCUT2D eigenvalue weighted by Crippen LogP contribution is 2.41. The third-order valence-electron chi connectivity index (χ3n) is 10.7. The van der Waals surface area contributed by atoms with Gasteiger partial charge in [0.1, 0.15) is 5.69 Å². The number of hydrogen-bond donors (Lipinski definition) is 0. The van der Waals surface area contributed by atoms with Crippen molar-refractivity contribution in [3.63, 3.8) is 0 Å². The van der Waals surface area contributed by atoms with Crippen LogP contribution in [0.25, 0.3) is 110 Å². The first kappa shape index (κ1) is 30.3. The van der Waals surface area contributed by atoms with E-state index in [0.29, 0.717) is 23.2 Å². The SMILES string of the molecule is c1ccc(-c2nc(-c3ccc4ccc5ccccc5c4n3)nc(-c3cc4ccccc4cc3-c3ccc4c5ccccc5c5ccccc5c4c3)n2)cc1. The lowest BCUT2D eigenvalue weighted by atomic mass is 9.90. The number of fused-ring (bicyclic) bond motifs is 10. The Morgan fingerprint density at radius 2 is 0.778 bits per heavy atom. The monoisotopic (exact) mass is 686 g/mol. The first-order valence-corrected chi connectivity index (χ1v) is 18.2. The van der Waals surface area contributed by atoms with Gasteiger partial charge in [0.15, 0.2) is 17.5 Å². The van der Waals surface area contributed by atoms with Gasteiger partial charge in [-0.3, -0.25) is 0 Å². The molecule has 11 rings (SSSR count). The Morgan fingerprint density at radius 1 is 0.259 bits per heavy atom. The van der Waals surface area contributed by atoms with Crippen LogP contribution < -0.4 is 0 Å². The summed E-state index contributed by atoms with van der Waals surface area (Å²) in [7, 11) is 0. The molecular weight excluding hydrogens is 657 g/mol. The van der Waals surface area contributed by atoms with Crippen molar-refractivity contribution in [3.8, 4) is 45.4 Å². The Morgan fingerprint density at radius 3 is 1.50 bits per heavy atom. The van der Waals surface area contributed by atoms with Gasteiger partial charge in [-0.1, -0.05) is 158 Å². The minimum absolute atomic E-state index is 0.531. The summed E-state index contributed by atoms with van der Waals surface area (Å²) in [5, 5.41) is 13.0. The van der Waals surface area contributed by atoms with Crippen molar-refractivity contribution in [2.45, 2.75) is 0 Å². The average Bonchev–Trinajstić information content (AvgIpc) is 3.25. The van der Waals surface area contributed by atoms with Crippen LogP contribution in [0.15, 0.2) is 182 Å². The van der Waals surface area contributed by atoms with E-state index in [1.165, 1.54) is 32.3 Å². The molecule has 0 unspecified atom stereocenters. The maximum Gasteiger partial charge on any atom is 0.182 e. The summed E-state index contributed by atoms with van der Waals surface area (Å²) in [5.74, 6) is 1.73. The lowest BCUT2D eigenvalue weighted by Gasteiger charge is -2.16. The highest BCUT2D eigenvalue weighted by atomic mass is 15.0. The average molecular weight is 687 g/mol. The van der Waals surface area contributed by atoms with E-state index >= 15 is 0 Å². The van der Waals surface area contributed by atoms with Gasteiger partial charge in [-0.2, -0.15) is 0 Å². The molecule has 4 heteroatoms. The minimum Gasteiger partial charge on any atom is -0.244 e. The summed E-state index contributed by atoms with van der Waals surface area (Å²) >= 11 is 0. The van der Waals surface area contributed by atoms with Gasteiger partial charge in [-0.25, -0.2) is 19.9 Å². The van der Waals surface area contributed by atoms with E-state index in [1.54, 1.807) is 0 Å². The van der Waals surface area contributed by atoms with Gasteiger partial charge in [0.2, 0.25) is 0 Å². The van der Waals surface area contributed by atoms with Crippen molar-refractivity contribution in [3.05, 3.63) is 182 Å². The molecule has 0 atom stereocenters. The molecule has 0 aliphatic rings. The van der Waals surface area contributed by atoms with E-state index in [2.05, 4.69) is 146 Å². The molecule has 0 spiro atoms. The summed E-state index contributed by atoms with van der Waals surface area (Å²) in [6, 6.07) is 64.2. The minimum atomic E-state index is 0.531. The molecule has 0 bridgehead atoms. The Bertz CT molecular complexity index is 3240. The zero-order valence-corrected chi connectivity index (χ0v) is 29.1. The van der Waals surface area contributed by atoms with Crippen molar-refractivity contribution in [2.75, 3.05) is 0 Å². The summed E-state index contributed by atoms with van der Waals surface area (Å²) < 4.78 is 0. The smallest absolute Gasteiger partial charge is 0.182 e. The molecule has 11 aromatic rings. The second kappa shape index (κ2) is 12.1. The molecular formula is C50H30N4. The summed E-state index contributed by atoms with van der Waals surface area (Å²) in [5.41, 5.74) is 5.64. The maximum absolute atomic E-state index is 5.25. The van der Waals surface area contributed by atoms with Crippen LogP contribution in [-0.4, -0.2) is 19.9 Å². The van der Waals surface area contributed by atoms with Crippen LogP contribution in [0.2, 0.25) is 0 Å². The van der Waals surface area contributed by atoms with Crippen molar-refractivity contribution < 1.29 is 0 Å². The highest BCUT2D eigenvalue weighted by molar-refractivity contribution is 6.26. The number of pyridine rings is 1. The van der Waals surface area contributed by atoms with Crippen LogP contribution in [0.3, 0.4) is 0 Å². The molecule has 0 saturated heterocycles. The first-order valence-electron chi connectivity index (χ1n) is 18.2. The fourth-order valence-corrected chi connectivity index (χ4v) is 8.05. The Hall–Kier alpha value is -7.30. The molecule has 2 heterocycles. The molecule has 9 aromatic carbocycles. The Labute approximate surface area is 311 Å². The number of nitrogens with zero attached hydrogens (tertiary/aromatic N) is 4. The number of benzene rings is 9. The normalized spacial score (nSPS) is 11.7. The predicted molar refractivity (Wildman–Crippen MR) is 224 cm³/mol. The maximum atomic E-state index is 5.25. The largest absolute Gasteiger partial charge is 0.244 e. The van der Waals surface area contributed by atoms with Gasteiger partial charge >= 0.3 is 0 Å². The second-order valence-corrected chi connectivity index (χ2v) is 13.8. The number of rotatable bonds is 4. The molecule has 54 heavy (non-hydrogen) atoms.